The summed E-state index contributed by atoms with van der Waals surface area (Å²) in [6.07, 6.45) is 2.28. The van der Waals surface area contributed by atoms with Crippen LogP contribution in [0.4, 0.5) is 5.69 Å². The number of rotatable bonds is 2. The van der Waals surface area contributed by atoms with Crippen molar-refractivity contribution in [3.8, 4) is 0 Å². The van der Waals surface area contributed by atoms with Crippen LogP contribution in [0.25, 0.3) is 0 Å². The summed E-state index contributed by atoms with van der Waals surface area (Å²) >= 11 is 0. The van der Waals surface area contributed by atoms with Crippen LogP contribution in [0.1, 0.15) is 36.8 Å². The molecule has 0 aromatic carbocycles. The number of hydrogen-bond donors (Lipinski definition) is 1. The Hall–Kier alpha value is -1.71. The number of nitrogens with zero attached hydrogens (tertiary/aromatic N) is 1. The van der Waals surface area contributed by atoms with E-state index < -0.39 is 5.41 Å². The molecule has 1 heterocycles. The van der Waals surface area contributed by atoms with Crippen LogP contribution in [0, 0.1) is 12.3 Å². The largest absolute Gasteiger partial charge is 0.325 e. The van der Waals surface area contributed by atoms with E-state index in [4.69, 9.17) is 0 Å². The molecule has 4 heteroatoms. The topological polar surface area (TPSA) is 59.1 Å². The summed E-state index contributed by atoms with van der Waals surface area (Å²) in [4.78, 5) is 26.7. The minimum Gasteiger partial charge on any atom is -0.325 e. The summed E-state index contributed by atoms with van der Waals surface area (Å²) in [6, 6.07) is 1.63. The standard InChI is InChI=1S/C12H16N2O2/c1-8-9(7-15)10(5-6-13-8)14-11(16)12(2,3)4/h5-7H,1-4H3,(H,13,14,16). The van der Waals surface area contributed by atoms with Crippen LogP contribution >= 0.6 is 0 Å². The first kappa shape index (κ1) is 12.4. The number of pyridine rings is 1. The number of nitrogens with one attached hydrogen (secondary N) is 1. The SMILES string of the molecule is Cc1nccc(NC(=O)C(C)(C)C)c1C=O. The van der Waals surface area contributed by atoms with E-state index in [0.717, 1.165) is 0 Å². The van der Waals surface area contributed by atoms with Gasteiger partial charge < -0.3 is 5.32 Å². The first-order valence-electron chi connectivity index (χ1n) is 5.08. The first-order chi connectivity index (χ1) is 7.36. The Balaban J connectivity index is 3.03. The van der Waals surface area contributed by atoms with E-state index in [0.29, 0.717) is 23.2 Å². The van der Waals surface area contributed by atoms with Crippen molar-refractivity contribution in [2.75, 3.05) is 5.32 Å². The van der Waals surface area contributed by atoms with E-state index in [1.165, 1.54) is 0 Å². The maximum Gasteiger partial charge on any atom is 0.229 e. The fourth-order valence-corrected chi connectivity index (χ4v) is 1.15. The molecule has 0 saturated carbocycles. The Morgan fingerprint density at radius 2 is 2.06 bits per heavy atom. The van der Waals surface area contributed by atoms with Gasteiger partial charge in [-0.25, -0.2) is 0 Å². The Kier molecular flexibility index (Phi) is 3.42. The number of amides is 1. The van der Waals surface area contributed by atoms with Crippen LogP contribution in [0.15, 0.2) is 12.3 Å². The first-order valence-corrected chi connectivity index (χ1v) is 5.08. The average molecular weight is 220 g/mol. The van der Waals surface area contributed by atoms with E-state index in [1.54, 1.807) is 19.2 Å². The Labute approximate surface area is 95.1 Å². The molecule has 1 N–H and O–H groups in total. The van der Waals surface area contributed by atoms with Gasteiger partial charge in [-0.1, -0.05) is 20.8 Å². The van der Waals surface area contributed by atoms with Crippen LogP contribution in [-0.2, 0) is 4.79 Å². The van der Waals surface area contributed by atoms with E-state index >= 15 is 0 Å². The van der Waals surface area contributed by atoms with Gasteiger partial charge >= 0.3 is 0 Å². The van der Waals surface area contributed by atoms with Crippen molar-refractivity contribution in [3.05, 3.63) is 23.5 Å². The maximum atomic E-state index is 11.8. The molecule has 1 aromatic rings. The van der Waals surface area contributed by atoms with Gasteiger partial charge in [-0.15, -0.1) is 0 Å². The van der Waals surface area contributed by atoms with Gasteiger partial charge in [-0.05, 0) is 13.0 Å². The number of carbonyl (C=O) groups excluding carboxylic acids is 2. The molecule has 0 saturated heterocycles. The number of hydrogen-bond acceptors (Lipinski definition) is 3. The van der Waals surface area contributed by atoms with Crippen LogP contribution in [-0.4, -0.2) is 17.2 Å². The van der Waals surface area contributed by atoms with Crippen molar-refractivity contribution in [3.63, 3.8) is 0 Å². The third-order valence-electron chi connectivity index (χ3n) is 2.24. The Morgan fingerprint density at radius 3 is 2.56 bits per heavy atom. The molecule has 0 bridgehead atoms. The van der Waals surface area contributed by atoms with Crippen LogP contribution in [0.2, 0.25) is 0 Å². The predicted molar refractivity (Wildman–Crippen MR) is 62.4 cm³/mol. The molecule has 1 aromatic heterocycles. The van der Waals surface area contributed by atoms with Crippen molar-refractivity contribution in [2.45, 2.75) is 27.7 Å². The highest BCUT2D eigenvalue weighted by Gasteiger charge is 2.22. The van der Waals surface area contributed by atoms with Gasteiger partial charge in [-0.3, -0.25) is 14.6 Å². The predicted octanol–water partition coefficient (Wildman–Crippen LogP) is 2.19. The fourth-order valence-electron chi connectivity index (χ4n) is 1.15. The third kappa shape index (κ3) is 2.66. The summed E-state index contributed by atoms with van der Waals surface area (Å²) < 4.78 is 0. The minimum atomic E-state index is -0.489. The molecular formula is C12H16N2O2. The van der Waals surface area contributed by atoms with Gasteiger partial charge in [0.2, 0.25) is 5.91 Å². The number of aldehydes is 1. The number of carbonyl (C=O) groups is 2. The molecule has 86 valence electrons. The maximum absolute atomic E-state index is 11.8. The van der Waals surface area contributed by atoms with Crippen LogP contribution in [0.3, 0.4) is 0 Å². The molecule has 1 amide bonds. The second-order valence-corrected chi connectivity index (χ2v) is 4.68. The summed E-state index contributed by atoms with van der Waals surface area (Å²) in [6.45, 7) is 7.18. The van der Waals surface area contributed by atoms with E-state index in [1.807, 2.05) is 20.8 Å². The molecule has 4 nitrogen and oxygen atoms in total. The van der Waals surface area contributed by atoms with E-state index in [9.17, 15) is 9.59 Å². The summed E-state index contributed by atoms with van der Waals surface area (Å²) in [5, 5.41) is 2.73. The van der Waals surface area contributed by atoms with Crippen molar-refractivity contribution in [1.29, 1.82) is 0 Å². The average Bonchev–Trinajstić information content (AvgIpc) is 2.16. The summed E-state index contributed by atoms with van der Waals surface area (Å²) in [5.74, 6) is -0.124. The number of aryl methyl sites for hydroxylation is 1. The van der Waals surface area contributed by atoms with E-state index in [2.05, 4.69) is 10.3 Å². The lowest BCUT2D eigenvalue weighted by atomic mass is 9.95. The Bertz CT molecular complexity index is 420. The lowest BCUT2D eigenvalue weighted by molar-refractivity contribution is -0.123. The van der Waals surface area contributed by atoms with Crippen molar-refractivity contribution in [1.82, 2.24) is 4.98 Å². The zero-order valence-electron chi connectivity index (χ0n) is 10.00. The number of aromatic nitrogens is 1. The lowest BCUT2D eigenvalue weighted by Gasteiger charge is -2.18. The van der Waals surface area contributed by atoms with Crippen molar-refractivity contribution in [2.24, 2.45) is 5.41 Å². The molecule has 0 atom stereocenters. The third-order valence-corrected chi connectivity index (χ3v) is 2.24. The molecule has 0 fully saturated rings. The van der Waals surface area contributed by atoms with Crippen molar-refractivity contribution < 1.29 is 9.59 Å². The number of anilines is 1. The molecule has 0 aliphatic rings. The van der Waals surface area contributed by atoms with Gasteiger partial charge in [0.05, 0.1) is 11.3 Å². The molecule has 16 heavy (non-hydrogen) atoms. The normalized spacial score (nSPS) is 11.0. The second kappa shape index (κ2) is 4.43. The van der Waals surface area contributed by atoms with Crippen LogP contribution in [0.5, 0.6) is 0 Å². The van der Waals surface area contributed by atoms with Gasteiger partial charge in [0.15, 0.2) is 6.29 Å². The molecular weight excluding hydrogens is 204 g/mol. The second-order valence-electron chi connectivity index (χ2n) is 4.68. The highest BCUT2D eigenvalue weighted by Crippen LogP contribution is 2.20. The van der Waals surface area contributed by atoms with Crippen molar-refractivity contribution >= 4 is 17.9 Å². The lowest BCUT2D eigenvalue weighted by Crippen LogP contribution is -2.28. The fraction of sp³-hybridized carbons (Fsp3) is 0.417. The van der Waals surface area contributed by atoms with Gasteiger partial charge in [0.25, 0.3) is 0 Å². The quantitative estimate of drug-likeness (QED) is 0.777. The molecule has 0 aliphatic heterocycles. The zero-order valence-corrected chi connectivity index (χ0v) is 10.00. The molecule has 0 radical (unpaired) electrons. The minimum absolute atomic E-state index is 0.124. The molecule has 0 unspecified atom stereocenters. The summed E-state index contributed by atoms with van der Waals surface area (Å²) in [7, 11) is 0. The van der Waals surface area contributed by atoms with Gasteiger partial charge in [0.1, 0.15) is 0 Å². The monoisotopic (exact) mass is 220 g/mol. The smallest absolute Gasteiger partial charge is 0.229 e. The van der Waals surface area contributed by atoms with Gasteiger partial charge in [-0.2, -0.15) is 0 Å². The summed E-state index contributed by atoms with van der Waals surface area (Å²) in [5.41, 5.74) is 1.07. The highest BCUT2D eigenvalue weighted by atomic mass is 16.2. The van der Waals surface area contributed by atoms with Gasteiger partial charge in [0, 0.05) is 17.3 Å². The molecule has 0 aliphatic carbocycles. The molecule has 0 spiro atoms. The zero-order chi connectivity index (χ0) is 12.3. The van der Waals surface area contributed by atoms with E-state index in [-0.39, 0.29) is 5.91 Å². The highest BCUT2D eigenvalue weighted by molar-refractivity contribution is 5.99. The Morgan fingerprint density at radius 1 is 1.44 bits per heavy atom. The van der Waals surface area contributed by atoms with Crippen LogP contribution < -0.4 is 5.32 Å². The molecule has 1 rings (SSSR count).